The summed E-state index contributed by atoms with van der Waals surface area (Å²) in [5, 5.41) is 0. The Bertz CT molecular complexity index is 1440. The molecule has 0 radical (unpaired) electrons. The number of imidazole rings is 1. The topological polar surface area (TPSA) is 41.4 Å². The van der Waals surface area contributed by atoms with Crippen molar-refractivity contribution in [2.45, 2.75) is 91.0 Å². The van der Waals surface area contributed by atoms with E-state index in [-0.39, 0.29) is 11.2 Å². The van der Waals surface area contributed by atoms with Gasteiger partial charge in [0.05, 0.1) is 5.69 Å². The zero-order valence-electron chi connectivity index (χ0n) is 28.0. The highest BCUT2D eigenvalue weighted by Crippen LogP contribution is 2.54. The largest absolute Gasteiger partial charge is 0.371 e. The first-order valence-electron chi connectivity index (χ1n) is 17.6. The summed E-state index contributed by atoms with van der Waals surface area (Å²) in [5.41, 5.74) is 4.56. The van der Waals surface area contributed by atoms with Crippen molar-refractivity contribution in [3.8, 4) is 0 Å². The van der Waals surface area contributed by atoms with E-state index >= 15 is 4.39 Å². The highest BCUT2D eigenvalue weighted by atomic mass is 19.1. The van der Waals surface area contributed by atoms with Gasteiger partial charge in [-0.25, -0.2) is 9.37 Å². The molecule has 3 aliphatic rings. The Morgan fingerprint density at radius 2 is 1.76 bits per heavy atom. The standard InChI is InChI=1S/C39H53FN4O/c1-5-36(45)21-31-9-7-12-37(31)39(33-10-8-11-34(40)22-33,27-44-23-29(4)41-38(44)6-2)32-17-19-42(20-18-32)24-30-25-43(26-30)35-15-13-28(3)14-16-35/h8,10-11,13-16,22-23,30-32,37H,5-7,9,12,17-21,24-27H2,1-4H3/t31-,37+,39-/m1/s1. The average molecular weight is 613 g/mol. The molecule has 0 bridgehead atoms. The first-order chi connectivity index (χ1) is 21.8. The molecule has 3 aromatic rings. The third kappa shape index (κ3) is 6.77. The van der Waals surface area contributed by atoms with Crippen molar-refractivity contribution < 1.29 is 9.18 Å². The number of benzene rings is 2. The molecule has 2 saturated heterocycles. The molecule has 45 heavy (non-hydrogen) atoms. The Hall–Kier alpha value is -2.99. The van der Waals surface area contributed by atoms with Crippen molar-refractivity contribution >= 4 is 11.5 Å². The van der Waals surface area contributed by atoms with Crippen LogP contribution in [0.15, 0.2) is 54.7 Å². The predicted octanol–water partition coefficient (Wildman–Crippen LogP) is 7.77. The van der Waals surface area contributed by atoms with Gasteiger partial charge in [0, 0.05) is 68.7 Å². The first kappa shape index (κ1) is 32.0. The summed E-state index contributed by atoms with van der Waals surface area (Å²) in [4.78, 5) is 23.0. The summed E-state index contributed by atoms with van der Waals surface area (Å²) in [6.07, 6.45) is 9.87. The van der Waals surface area contributed by atoms with Crippen LogP contribution in [0, 0.1) is 43.3 Å². The number of rotatable bonds is 12. The van der Waals surface area contributed by atoms with Crippen LogP contribution in [-0.4, -0.2) is 53.0 Å². The zero-order chi connectivity index (χ0) is 31.6. The molecule has 1 aromatic heterocycles. The lowest BCUT2D eigenvalue weighted by molar-refractivity contribution is -0.120. The van der Waals surface area contributed by atoms with Crippen LogP contribution in [0.1, 0.15) is 81.4 Å². The van der Waals surface area contributed by atoms with Gasteiger partial charge in [0.1, 0.15) is 17.4 Å². The molecule has 0 spiro atoms. The number of piperidine rings is 1. The molecule has 1 saturated carbocycles. The molecule has 3 heterocycles. The number of carbonyl (C=O) groups excluding carboxylic acids is 1. The normalized spacial score (nSPS) is 22.8. The number of likely N-dealkylation sites (tertiary alicyclic amines) is 1. The van der Waals surface area contributed by atoms with Crippen molar-refractivity contribution in [3.63, 3.8) is 0 Å². The van der Waals surface area contributed by atoms with E-state index in [4.69, 9.17) is 4.98 Å². The van der Waals surface area contributed by atoms with Crippen molar-refractivity contribution in [1.29, 1.82) is 0 Å². The average Bonchev–Trinajstić information content (AvgIpc) is 3.63. The number of nitrogens with zero attached hydrogens (tertiary/aromatic N) is 4. The van der Waals surface area contributed by atoms with Gasteiger partial charge in [-0.05, 0) is 100 Å². The molecular formula is C39H53FN4O. The summed E-state index contributed by atoms with van der Waals surface area (Å²) < 4.78 is 17.5. The van der Waals surface area contributed by atoms with Crippen molar-refractivity contribution in [1.82, 2.24) is 14.5 Å². The van der Waals surface area contributed by atoms with E-state index in [9.17, 15) is 4.79 Å². The number of halogens is 1. The van der Waals surface area contributed by atoms with Crippen LogP contribution in [0.4, 0.5) is 10.1 Å². The Labute approximate surface area is 270 Å². The molecule has 2 aromatic carbocycles. The van der Waals surface area contributed by atoms with Gasteiger partial charge in [0.2, 0.25) is 0 Å². The Balaban J connectivity index is 1.26. The summed E-state index contributed by atoms with van der Waals surface area (Å²) in [5.74, 6) is 3.11. The third-order valence-electron chi connectivity index (χ3n) is 11.5. The second kappa shape index (κ2) is 13.8. The number of aromatic nitrogens is 2. The lowest BCUT2D eigenvalue weighted by Crippen LogP contribution is -2.55. The number of aryl methyl sites for hydroxylation is 3. The lowest BCUT2D eigenvalue weighted by atomic mass is 9.56. The van der Waals surface area contributed by atoms with E-state index in [0.717, 1.165) is 94.9 Å². The molecule has 6 rings (SSSR count). The van der Waals surface area contributed by atoms with E-state index in [1.165, 1.54) is 11.3 Å². The second-order valence-corrected chi connectivity index (χ2v) is 14.4. The molecule has 3 atom stereocenters. The van der Waals surface area contributed by atoms with Gasteiger partial charge < -0.3 is 14.4 Å². The minimum Gasteiger partial charge on any atom is -0.371 e. The minimum absolute atomic E-state index is 0.158. The monoisotopic (exact) mass is 612 g/mol. The Morgan fingerprint density at radius 3 is 2.44 bits per heavy atom. The maximum atomic E-state index is 15.1. The molecule has 5 nitrogen and oxygen atoms in total. The molecule has 0 unspecified atom stereocenters. The number of hydrogen-bond acceptors (Lipinski definition) is 4. The van der Waals surface area contributed by atoms with Gasteiger partial charge in [0.15, 0.2) is 0 Å². The van der Waals surface area contributed by atoms with Crippen LogP contribution in [0.5, 0.6) is 0 Å². The van der Waals surface area contributed by atoms with Gasteiger partial charge in [0.25, 0.3) is 0 Å². The molecule has 242 valence electrons. The van der Waals surface area contributed by atoms with Gasteiger partial charge in [-0.3, -0.25) is 4.79 Å². The maximum Gasteiger partial charge on any atom is 0.132 e. The van der Waals surface area contributed by atoms with Gasteiger partial charge in [-0.1, -0.05) is 50.1 Å². The number of anilines is 1. The highest BCUT2D eigenvalue weighted by molar-refractivity contribution is 5.78. The molecule has 6 heteroatoms. The van der Waals surface area contributed by atoms with Gasteiger partial charge in [-0.2, -0.15) is 0 Å². The van der Waals surface area contributed by atoms with Crippen LogP contribution >= 0.6 is 0 Å². The fourth-order valence-corrected chi connectivity index (χ4v) is 9.21. The van der Waals surface area contributed by atoms with Crippen molar-refractivity contribution in [2.75, 3.05) is 37.6 Å². The van der Waals surface area contributed by atoms with Crippen LogP contribution in [0.3, 0.4) is 0 Å². The fraction of sp³-hybridized carbons (Fsp3) is 0.590. The lowest BCUT2D eigenvalue weighted by Gasteiger charge is -2.52. The Morgan fingerprint density at radius 1 is 1.00 bits per heavy atom. The van der Waals surface area contributed by atoms with E-state index in [2.05, 4.69) is 71.7 Å². The number of hydrogen-bond donors (Lipinski definition) is 0. The fourth-order valence-electron chi connectivity index (χ4n) is 9.21. The minimum atomic E-state index is -0.251. The van der Waals surface area contributed by atoms with Crippen LogP contribution in [0.2, 0.25) is 0 Å². The van der Waals surface area contributed by atoms with Crippen molar-refractivity contribution in [2.24, 2.45) is 23.7 Å². The van der Waals surface area contributed by atoms with Crippen LogP contribution in [-0.2, 0) is 23.2 Å². The molecule has 3 fully saturated rings. The number of carbonyl (C=O) groups is 1. The quantitative estimate of drug-likeness (QED) is 0.210. The molecule has 0 amide bonds. The van der Waals surface area contributed by atoms with Crippen LogP contribution < -0.4 is 4.90 Å². The Kier molecular flexibility index (Phi) is 9.79. The molecular weight excluding hydrogens is 559 g/mol. The van der Waals surface area contributed by atoms with Crippen LogP contribution in [0.25, 0.3) is 0 Å². The van der Waals surface area contributed by atoms with E-state index in [1.807, 2.05) is 19.1 Å². The van der Waals surface area contributed by atoms with Gasteiger partial charge in [-0.15, -0.1) is 0 Å². The SMILES string of the molecule is CCC(=O)C[C@H]1CCC[C@@H]1[C@@](Cn1cc(C)nc1CC)(c1cccc(F)c1)C1CCN(CC2CN(c3ccc(C)cc3)C2)CC1. The smallest absolute Gasteiger partial charge is 0.132 e. The van der Waals surface area contributed by atoms with E-state index in [1.54, 1.807) is 6.07 Å². The highest BCUT2D eigenvalue weighted by Gasteiger charge is 2.52. The third-order valence-corrected chi connectivity index (χ3v) is 11.5. The number of ketones is 1. The second-order valence-electron chi connectivity index (χ2n) is 14.4. The zero-order valence-corrected chi connectivity index (χ0v) is 28.0. The molecule has 1 aliphatic carbocycles. The summed E-state index contributed by atoms with van der Waals surface area (Å²) >= 11 is 0. The predicted molar refractivity (Wildman–Crippen MR) is 181 cm³/mol. The van der Waals surface area contributed by atoms with Crippen molar-refractivity contribution in [3.05, 3.63) is 83.2 Å². The molecule has 2 aliphatic heterocycles. The number of Topliss-reactive ketones (excluding diaryl/α,β-unsaturated/α-hetero) is 1. The summed E-state index contributed by atoms with van der Waals surface area (Å²) in [6.45, 7) is 14.8. The summed E-state index contributed by atoms with van der Waals surface area (Å²) in [7, 11) is 0. The van der Waals surface area contributed by atoms with Gasteiger partial charge >= 0.3 is 0 Å². The van der Waals surface area contributed by atoms with E-state index < -0.39 is 0 Å². The first-order valence-corrected chi connectivity index (χ1v) is 17.6. The maximum absolute atomic E-state index is 15.1. The molecule has 0 N–H and O–H groups in total. The summed E-state index contributed by atoms with van der Waals surface area (Å²) in [6, 6.07) is 16.4. The van der Waals surface area contributed by atoms with E-state index in [0.29, 0.717) is 42.3 Å².